The number of carbonyl (C=O) groups is 1. The predicted molar refractivity (Wildman–Crippen MR) is 67.8 cm³/mol. The van der Waals surface area contributed by atoms with Crippen molar-refractivity contribution < 1.29 is 9.53 Å². The standard InChI is InChI=1S/C11H22N2O2S/c1-10(9-16-2)7-12-8-11(14)13-3-5-15-6-4-13/h10,12H,3-9H2,1-2H3. The third kappa shape index (κ3) is 5.18. The van der Waals surface area contributed by atoms with Gasteiger partial charge in [-0.1, -0.05) is 6.92 Å². The molecule has 1 N–H and O–H groups in total. The van der Waals surface area contributed by atoms with Gasteiger partial charge in [-0.3, -0.25) is 4.79 Å². The Bertz CT molecular complexity index is 208. The van der Waals surface area contributed by atoms with Gasteiger partial charge in [0.15, 0.2) is 0 Å². The number of ether oxygens (including phenoxy) is 1. The van der Waals surface area contributed by atoms with Crippen LogP contribution in [0.15, 0.2) is 0 Å². The number of carbonyl (C=O) groups excluding carboxylic acids is 1. The molecule has 4 nitrogen and oxygen atoms in total. The lowest BCUT2D eigenvalue weighted by Crippen LogP contribution is -2.45. The van der Waals surface area contributed by atoms with Crippen molar-refractivity contribution in [2.24, 2.45) is 5.92 Å². The van der Waals surface area contributed by atoms with Gasteiger partial charge in [0, 0.05) is 13.1 Å². The maximum Gasteiger partial charge on any atom is 0.236 e. The van der Waals surface area contributed by atoms with Crippen LogP contribution in [0.3, 0.4) is 0 Å². The molecule has 16 heavy (non-hydrogen) atoms. The van der Waals surface area contributed by atoms with Crippen LogP contribution in [0.4, 0.5) is 0 Å². The highest BCUT2D eigenvalue weighted by atomic mass is 32.2. The summed E-state index contributed by atoms with van der Waals surface area (Å²) in [5.41, 5.74) is 0. The second-order valence-corrected chi connectivity index (χ2v) is 5.10. The Kier molecular flexibility index (Phi) is 6.84. The minimum Gasteiger partial charge on any atom is -0.378 e. The lowest BCUT2D eigenvalue weighted by Gasteiger charge is -2.27. The van der Waals surface area contributed by atoms with E-state index in [0.29, 0.717) is 25.7 Å². The molecular weight excluding hydrogens is 224 g/mol. The minimum absolute atomic E-state index is 0.194. The molecule has 0 spiro atoms. The Balaban J connectivity index is 2.09. The molecule has 1 heterocycles. The zero-order valence-electron chi connectivity index (χ0n) is 10.2. The highest BCUT2D eigenvalue weighted by Gasteiger charge is 2.16. The molecule has 0 aromatic carbocycles. The maximum atomic E-state index is 11.7. The van der Waals surface area contributed by atoms with Crippen LogP contribution in [0.25, 0.3) is 0 Å². The van der Waals surface area contributed by atoms with Gasteiger partial charge in [0.05, 0.1) is 19.8 Å². The molecule has 1 unspecified atom stereocenters. The lowest BCUT2D eigenvalue weighted by atomic mass is 10.2. The first kappa shape index (κ1) is 13.8. The van der Waals surface area contributed by atoms with Crippen LogP contribution in [0.5, 0.6) is 0 Å². The summed E-state index contributed by atoms with van der Waals surface area (Å²) in [6.07, 6.45) is 2.11. The quantitative estimate of drug-likeness (QED) is 0.738. The summed E-state index contributed by atoms with van der Waals surface area (Å²) in [5.74, 6) is 1.95. The molecule has 1 rings (SSSR count). The average Bonchev–Trinajstić information content (AvgIpc) is 2.30. The van der Waals surface area contributed by atoms with E-state index < -0.39 is 0 Å². The number of amides is 1. The first-order valence-electron chi connectivity index (χ1n) is 5.79. The van der Waals surface area contributed by atoms with Gasteiger partial charge < -0.3 is 15.0 Å². The van der Waals surface area contributed by atoms with Crippen molar-refractivity contribution in [2.75, 3.05) is 51.4 Å². The van der Waals surface area contributed by atoms with E-state index >= 15 is 0 Å². The van der Waals surface area contributed by atoms with Gasteiger partial charge in [-0.2, -0.15) is 11.8 Å². The van der Waals surface area contributed by atoms with Crippen molar-refractivity contribution in [1.82, 2.24) is 10.2 Å². The number of hydrogen-bond acceptors (Lipinski definition) is 4. The van der Waals surface area contributed by atoms with Gasteiger partial charge in [0.1, 0.15) is 0 Å². The normalized spacial score (nSPS) is 18.5. The largest absolute Gasteiger partial charge is 0.378 e. The van der Waals surface area contributed by atoms with Crippen LogP contribution in [-0.2, 0) is 9.53 Å². The molecule has 1 amide bonds. The summed E-state index contributed by atoms with van der Waals surface area (Å²) in [6, 6.07) is 0. The van der Waals surface area contributed by atoms with Crippen molar-refractivity contribution >= 4 is 17.7 Å². The van der Waals surface area contributed by atoms with Crippen molar-refractivity contribution in [3.05, 3.63) is 0 Å². The molecule has 0 aromatic heterocycles. The molecule has 0 radical (unpaired) electrons. The summed E-state index contributed by atoms with van der Waals surface area (Å²) in [6.45, 7) is 6.39. The molecule has 1 atom stereocenters. The Morgan fingerprint density at radius 1 is 1.50 bits per heavy atom. The third-order valence-corrected chi connectivity index (χ3v) is 3.49. The molecule has 94 valence electrons. The second-order valence-electron chi connectivity index (χ2n) is 4.18. The maximum absolute atomic E-state index is 11.7. The zero-order chi connectivity index (χ0) is 11.8. The van der Waals surface area contributed by atoms with Crippen LogP contribution >= 0.6 is 11.8 Å². The highest BCUT2D eigenvalue weighted by molar-refractivity contribution is 7.98. The fourth-order valence-electron chi connectivity index (χ4n) is 1.69. The van der Waals surface area contributed by atoms with Gasteiger partial charge in [-0.05, 0) is 24.5 Å². The van der Waals surface area contributed by atoms with Gasteiger partial charge in [0.2, 0.25) is 5.91 Å². The molecule has 1 aliphatic rings. The molecular formula is C11H22N2O2S. The lowest BCUT2D eigenvalue weighted by molar-refractivity contribution is -0.134. The number of rotatable bonds is 6. The fourth-order valence-corrected chi connectivity index (χ4v) is 2.38. The van der Waals surface area contributed by atoms with Gasteiger partial charge in [0.25, 0.3) is 0 Å². The SMILES string of the molecule is CSCC(C)CNCC(=O)N1CCOCC1. The third-order valence-electron chi connectivity index (χ3n) is 2.58. The first-order valence-corrected chi connectivity index (χ1v) is 7.18. The average molecular weight is 246 g/mol. The summed E-state index contributed by atoms with van der Waals surface area (Å²) in [7, 11) is 0. The van der Waals surface area contributed by atoms with E-state index in [1.165, 1.54) is 0 Å². The Morgan fingerprint density at radius 2 is 2.19 bits per heavy atom. The Labute approximate surface area is 102 Å². The van der Waals surface area contributed by atoms with Crippen molar-refractivity contribution in [3.8, 4) is 0 Å². The predicted octanol–water partition coefficient (Wildman–Crippen LogP) is 0.434. The monoisotopic (exact) mass is 246 g/mol. The molecule has 5 heteroatoms. The Hall–Kier alpha value is -0.260. The molecule has 1 aliphatic heterocycles. The van der Waals surface area contributed by atoms with Gasteiger partial charge in [-0.25, -0.2) is 0 Å². The smallest absolute Gasteiger partial charge is 0.236 e. The topological polar surface area (TPSA) is 41.6 Å². The van der Waals surface area contributed by atoms with Crippen LogP contribution in [-0.4, -0.2) is 62.2 Å². The number of nitrogens with zero attached hydrogens (tertiary/aromatic N) is 1. The molecule has 1 saturated heterocycles. The van der Waals surface area contributed by atoms with Crippen LogP contribution in [0.2, 0.25) is 0 Å². The van der Waals surface area contributed by atoms with Crippen LogP contribution < -0.4 is 5.32 Å². The number of morpholine rings is 1. The van der Waals surface area contributed by atoms with E-state index in [4.69, 9.17) is 4.74 Å². The molecule has 0 aromatic rings. The van der Waals surface area contributed by atoms with Crippen molar-refractivity contribution in [1.29, 1.82) is 0 Å². The van der Waals surface area contributed by atoms with Gasteiger partial charge in [-0.15, -0.1) is 0 Å². The first-order chi connectivity index (χ1) is 7.74. The number of nitrogens with one attached hydrogen (secondary N) is 1. The fraction of sp³-hybridized carbons (Fsp3) is 0.909. The summed E-state index contributed by atoms with van der Waals surface area (Å²) in [4.78, 5) is 13.6. The summed E-state index contributed by atoms with van der Waals surface area (Å²) < 4.78 is 5.21. The van der Waals surface area contributed by atoms with E-state index in [0.717, 1.165) is 25.4 Å². The molecule has 0 saturated carbocycles. The zero-order valence-corrected chi connectivity index (χ0v) is 11.0. The Morgan fingerprint density at radius 3 is 2.81 bits per heavy atom. The van der Waals surface area contributed by atoms with E-state index in [2.05, 4.69) is 18.5 Å². The number of thioether (sulfide) groups is 1. The highest BCUT2D eigenvalue weighted by Crippen LogP contribution is 2.02. The molecule has 0 bridgehead atoms. The van der Waals surface area contributed by atoms with E-state index in [9.17, 15) is 4.79 Å². The molecule has 0 aliphatic carbocycles. The van der Waals surface area contributed by atoms with E-state index in [1.807, 2.05) is 16.7 Å². The second kappa shape index (κ2) is 7.92. The molecule has 1 fully saturated rings. The van der Waals surface area contributed by atoms with Crippen molar-refractivity contribution in [2.45, 2.75) is 6.92 Å². The summed E-state index contributed by atoms with van der Waals surface area (Å²) >= 11 is 1.84. The van der Waals surface area contributed by atoms with Gasteiger partial charge >= 0.3 is 0 Å². The van der Waals surface area contributed by atoms with Crippen LogP contribution in [0, 0.1) is 5.92 Å². The summed E-state index contributed by atoms with van der Waals surface area (Å²) in [5, 5.41) is 3.22. The number of hydrogen-bond donors (Lipinski definition) is 1. The van der Waals surface area contributed by atoms with Crippen molar-refractivity contribution in [3.63, 3.8) is 0 Å². The van der Waals surface area contributed by atoms with E-state index in [1.54, 1.807) is 0 Å². The van der Waals surface area contributed by atoms with Crippen LogP contribution in [0.1, 0.15) is 6.92 Å². The minimum atomic E-state index is 0.194. The van der Waals surface area contributed by atoms with E-state index in [-0.39, 0.29) is 5.91 Å².